The molecule has 2 rings (SSSR count). The fourth-order valence-corrected chi connectivity index (χ4v) is 1.88. The van der Waals surface area contributed by atoms with Crippen molar-refractivity contribution in [2.45, 2.75) is 38.3 Å². The van der Waals surface area contributed by atoms with Gasteiger partial charge in [0.05, 0.1) is 23.5 Å². The van der Waals surface area contributed by atoms with Crippen LogP contribution in [0.5, 0.6) is 0 Å². The molecule has 1 fully saturated rings. The van der Waals surface area contributed by atoms with Crippen LogP contribution in [0.2, 0.25) is 0 Å². The van der Waals surface area contributed by atoms with E-state index in [0.717, 1.165) is 25.0 Å². The molecule has 5 heteroatoms. The lowest BCUT2D eigenvalue weighted by Crippen LogP contribution is -2.28. The largest absolute Gasteiger partial charge is 0.394 e. The van der Waals surface area contributed by atoms with Crippen LogP contribution in [0.4, 0.5) is 11.5 Å². The SMILES string of the molecule is Cc1ncnc(NC2CCC[C@@H]2O)c1N. The molecule has 0 bridgehead atoms. The van der Waals surface area contributed by atoms with Crippen molar-refractivity contribution in [1.29, 1.82) is 0 Å². The fraction of sp³-hybridized carbons (Fsp3) is 0.600. The van der Waals surface area contributed by atoms with Crippen LogP contribution in [-0.4, -0.2) is 27.2 Å². The maximum absolute atomic E-state index is 9.66. The number of aryl methyl sites for hydroxylation is 1. The first kappa shape index (κ1) is 10.2. The van der Waals surface area contributed by atoms with Gasteiger partial charge in [0.2, 0.25) is 0 Å². The van der Waals surface area contributed by atoms with E-state index in [9.17, 15) is 5.11 Å². The number of nitrogens with one attached hydrogen (secondary N) is 1. The fourth-order valence-electron chi connectivity index (χ4n) is 1.88. The van der Waals surface area contributed by atoms with Gasteiger partial charge in [-0.3, -0.25) is 0 Å². The first-order valence-electron chi connectivity index (χ1n) is 5.20. The minimum Gasteiger partial charge on any atom is -0.394 e. The van der Waals surface area contributed by atoms with Gasteiger partial charge < -0.3 is 16.2 Å². The van der Waals surface area contributed by atoms with Crippen molar-refractivity contribution in [2.75, 3.05) is 11.1 Å². The third-order valence-corrected chi connectivity index (χ3v) is 2.88. The highest BCUT2D eigenvalue weighted by Crippen LogP contribution is 2.25. The summed E-state index contributed by atoms with van der Waals surface area (Å²) in [6.45, 7) is 1.84. The molecule has 1 aliphatic rings. The van der Waals surface area contributed by atoms with Crippen LogP contribution < -0.4 is 11.1 Å². The summed E-state index contributed by atoms with van der Waals surface area (Å²) in [5, 5.41) is 12.8. The Labute approximate surface area is 88.7 Å². The number of aliphatic hydroxyl groups excluding tert-OH is 1. The Balaban J connectivity index is 2.13. The van der Waals surface area contributed by atoms with Gasteiger partial charge in [-0.1, -0.05) is 0 Å². The summed E-state index contributed by atoms with van der Waals surface area (Å²) in [5.74, 6) is 0.633. The molecule has 0 amide bonds. The van der Waals surface area contributed by atoms with Gasteiger partial charge in [-0.2, -0.15) is 0 Å². The molecule has 0 aromatic carbocycles. The zero-order chi connectivity index (χ0) is 10.8. The maximum atomic E-state index is 9.66. The standard InChI is InChI=1S/C10H16N4O/c1-6-9(11)10(13-5-12-6)14-7-3-2-4-8(7)15/h5,7-8,15H,2-4,11H2,1H3,(H,12,13,14)/t7?,8-/m0/s1. The van der Waals surface area contributed by atoms with E-state index in [2.05, 4.69) is 15.3 Å². The summed E-state index contributed by atoms with van der Waals surface area (Å²) >= 11 is 0. The van der Waals surface area contributed by atoms with Crippen molar-refractivity contribution >= 4 is 11.5 Å². The number of hydrogen-bond acceptors (Lipinski definition) is 5. The Bertz CT molecular complexity index is 355. The number of anilines is 2. The summed E-state index contributed by atoms with van der Waals surface area (Å²) < 4.78 is 0. The second-order valence-corrected chi connectivity index (χ2v) is 3.97. The molecular weight excluding hydrogens is 192 g/mol. The molecule has 1 aromatic heterocycles. The normalized spacial score (nSPS) is 25.5. The van der Waals surface area contributed by atoms with Gasteiger partial charge in [0.15, 0.2) is 5.82 Å². The topological polar surface area (TPSA) is 84.1 Å². The Kier molecular flexibility index (Phi) is 2.73. The predicted octanol–water partition coefficient (Wildman–Crippen LogP) is 0.693. The molecule has 1 aromatic rings. The number of rotatable bonds is 2. The number of aliphatic hydroxyl groups is 1. The molecule has 1 saturated carbocycles. The Hall–Kier alpha value is -1.36. The molecular formula is C10H16N4O. The highest BCUT2D eigenvalue weighted by atomic mass is 16.3. The molecule has 0 radical (unpaired) electrons. The molecule has 0 aliphatic heterocycles. The smallest absolute Gasteiger partial charge is 0.153 e. The summed E-state index contributed by atoms with van der Waals surface area (Å²) in [6.07, 6.45) is 4.04. The minimum absolute atomic E-state index is 0.0709. The van der Waals surface area contributed by atoms with Crippen molar-refractivity contribution in [3.8, 4) is 0 Å². The predicted molar refractivity (Wildman–Crippen MR) is 58.4 cm³/mol. The van der Waals surface area contributed by atoms with E-state index < -0.39 is 0 Å². The molecule has 0 saturated heterocycles. The average Bonchev–Trinajstić information content (AvgIpc) is 2.60. The molecule has 0 spiro atoms. The maximum Gasteiger partial charge on any atom is 0.153 e. The van der Waals surface area contributed by atoms with Gasteiger partial charge in [-0.15, -0.1) is 0 Å². The molecule has 2 atom stereocenters. The zero-order valence-electron chi connectivity index (χ0n) is 8.77. The third-order valence-electron chi connectivity index (χ3n) is 2.88. The van der Waals surface area contributed by atoms with Crippen molar-refractivity contribution < 1.29 is 5.11 Å². The van der Waals surface area contributed by atoms with Gasteiger partial charge >= 0.3 is 0 Å². The second kappa shape index (κ2) is 4.02. The van der Waals surface area contributed by atoms with Crippen molar-refractivity contribution in [3.63, 3.8) is 0 Å². The average molecular weight is 208 g/mol. The minimum atomic E-state index is -0.292. The van der Waals surface area contributed by atoms with E-state index >= 15 is 0 Å². The Morgan fingerprint density at radius 1 is 1.47 bits per heavy atom. The van der Waals surface area contributed by atoms with E-state index in [-0.39, 0.29) is 12.1 Å². The monoisotopic (exact) mass is 208 g/mol. The quantitative estimate of drug-likeness (QED) is 0.666. The van der Waals surface area contributed by atoms with Crippen molar-refractivity contribution in [2.24, 2.45) is 0 Å². The van der Waals surface area contributed by atoms with E-state index in [4.69, 9.17) is 5.73 Å². The van der Waals surface area contributed by atoms with E-state index in [1.807, 2.05) is 6.92 Å². The molecule has 1 heterocycles. The van der Waals surface area contributed by atoms with Gasteiger partial charge in [-0.25, -0.2) is 9.97 Å². The molecule has 4 N–H and O–H groups in total. The lowest BCUT2D eigenvalue weighted by Gasteiger charge is -2.18. The number of hydrogen-bond donors (Lipinski definition) is 3. The summed E-state index contributed by atoms with van der Waals surface area (Å²) in [5.41, 5.74) is 7.17. The van der Waals surface area contributed by atoms with Crippen LogP contribution >= 0.6 is 0 Å². The first-order chi connectivity index (χ1) is 7.18. The number of nitrogen functional groups attached to an aromatic ring is 1. The number of nitrogens with zero attached hydrogens (tertiary/aromatic N) is 2. The highest BCUT2D eigenvalue weighted by molar-refractivity contribution is 5.63. The Morgan fingerprint density at radius 3 is 2.93 bits per heavy atom. The summed E-state index contributed by atoms with van der Waals surface area (Å²) in [6, 6.07) is 0.0709. The van der Waals surface area contributed by atoms with E-state index in [1.54, 1.807) is 0 Å². The molecule has 1 aliphatic carbocycles. The lowest BCUT2D eigenvalue weighted by molar-refractivity contribution is 0.171. The second-order valence-electron chi connectivity index (χ2n) is 3.97. The van der Waals surface area contributed by atoms with Crippen LogP contribution in [0.25, 0.3) is 0 Å². The van der Waals surface area contributed by atoms with Crippen LogP contribution in [0.1, 0.15) is 25.0 Å². The summed E-state index contributed by atoms with van der Waals surface area (Å²) in [7, 11) is 0. The van der Waals surface area contributed by atoms with Crippen molar-refractivity contribution in [1.82, 2.24) is 9.97 Å². The molecule has 1 unspecified atom stereocenters. The van der Waals surface area contributed by atoms with E-state index in [1.165, 1.54) is 6.33 Å². The van der Waals surface area contributed by atoms with Crippen LogP contribution in [0.15, 0.2) is 6.33 Å². The van der Waals surface area contributed by atoms with Gasteiger partial charge in [0.25, 0.3) is 0 Å². The van der Waals surface area contributed by atoms with Crippen molar-refractivity contribution in [3.05, 3.63) is 12.0 Å². The molecule has 15 heavy (non-hydrogen) atoms. The third kappa shape index (κ3) is 2.02. The van der Waals surface area contributed by atoms with Crippen LogP contribution in [0.3, 0.4) is 0 Å². The lowest BCUT2D eigenvalue weighted by atomic mass is 10.2. The van der Waals surface area contributed by atoms with E-state index in [0.29, 0.717) is 11.5 Å². The summed E-state index contributed by atoms with van der Waals surface area (Å²) in [4.78, 5) is 8.07. The highest BCUT2D eigenvalue weighted by Gasteiger charge is 2.25. The first-order valence-corrected chi connectivity index (χ1v) is 5.20. The Morgan fingerprint density at radius 2 is 2.27 bits per heavy atom. The van der Waals surface area contributed by atoms with Gasteiger partial charge in [0.1, 0.15) is 6.33 Å². The molecule has 5 nitrogen and oxygen atoms in total. The zero-order valence-corrected chi connectivity index (χ0v) is 8.77. The van der Waals surface area contributed by atoms with Gasteiger partial charge in [0, 0.05) is 0 Å². The number of aromatic nitrogens is 2. The molecule has 82 valence electrons. The van der Waals surface area contributed by atoms with Crippen LogP contribution in [0, 0.1) is 6.92 Å². The number of nitrogens with two attached hydrogens (primary N) is 1. The van der Waals surface area contributed by atoms with Crippen LogP contribution in [-0.2, 0) is 0 Å². The van der Waals surface area contributed by atoms with Gasteiger partial charge in [-0.05, 0) is 26.2 Å².